The summed E-state index contributed by atoms with van der Waals surface area (Å²) in [5.41, 5.74) is 2.75. The molecule has 2 aromatic carbocycles. The number of fused-ring (bicyclic) bond motifs is 1. The molecular formula is C17H17NO3S. The van der Waals surface area contributed by atoms with Crippen molar-refractivity contribution in [1.29, 1.82) is 0 Å². The van der Waals surface area contributed by atoms with Crippen LogP contribution in [0.4, 0.5) is 0 Å². The van der Waals surface area contributed by atoms with Crippen LogP contribution in [-0.2, 0) is 16.4 Å². The number of hydrogen-bond acceptors (Lipinski definition) is 3. The van der Waals surface area contributed by atoms with Crippen molar-refractivity contribution >= 4 is 15.8 Å². The average Bonchev–Trinajstić information content (AvgIpc) is 2.90. The average molecular weight is 315 g/mol. The van der Waals surface area contributed by atoms with E-state index in [0.29, 0.717) is 5.56 Å². The molecule has 0 fully saturated rings. The van der Waals surface area contributed by atoms with Crippen LogP contribution < -0.4 is 4.72 Å². The smallest absolute Gasteiger partial charge is 0.241 e. The first kappa shape index (κ1) is 14.9. The molecule has 0 aliphatic heterocycles. The maximum Gasteiger partial charge on any atom is 0.241 e. The minimum Gasteiger partial charge on any atom is -0.295 e. The minimum atomic E-state index is -3.59. The second kappa shape index (κ2) is 5.66. The van der Waals surface area contributed by atoms with Gasteiger partial charge < -0.3 is 0 Å². The highest BCUT2D eigenvalue weighted by atomic mass is 32.2. The normalized spacial score (nSPS) is 17.2. The third kappa shape index (κ3) is 2.82. The van der Waals surface area contributed by atoms with Gasteiger partial charge in [0.1, 0.15) is 0 Å². The van der Waals surface area contributed by atoms with Gasteiger partial charge in [0, 0.05) is 11.6 Å². The number of ketones is 1. The van der Waals surface area contributed by atoms with Crippen molar-refractivity contribution in [3.05, 3.63) is 65.2 Å². The van der Waals surface area contributed by atoms with E-state index >= 15 is 0 Å². The van der Waals surface area contributed by atoms with Gasteiger partial charge in [0.2, 0.25) is 10.0 Å². The zero-order valence-corrected chi connectivity index (χ0v) is 13.1. The zero-order chi connectivity index (χ0) is 15.7. The van der Waals surface area contributed by atoms with E-state index in [1.165, 1.54) is 24.6 Å². The molecule has 3 rings (SSSR count). The van der Waals surface area contributed by atoms with E-state index in [0.717, 1.165) is 18.4 Å². The fourth-order valence-corrected chi connectivity index (χ4v) is 4.05. The number of benzene rings is 2. The summed E-state index contributed by atoms with van der Waals surface area (Å²) in [6.45, 7) is 1.46. The molecule has 0 radical (unpaired) electrons. The first-order chi connectivity index (χ1) is 10.5. The number of Topliss-reactive ketones (excluding diaryl/α,β-unsaturated/α-hetero) is 1. The summed E-state index contributed by atoms with van der Waals surface area (Å²) in [5, 5.41) is 0. The molecule has 0 heterocycles. The van der Waals surface area contributed by atoms with Gasteiger partial charge in [-0.1, -0.05) is 36.4 Å². The Morgan fingerprint density at radius 1 is 1.09 bits per heavy atom. The lowest BCUT2D eigenvalue weighted by Crippen LogP contribution is -2.27. The van der Waals surface area contributed by atoms with E-state index in [1.807, 2.05) is 24.3 Å². The Morgan fingerprint density at radius 2 is 1.77 bits per heavy atom. The predicted octanol–water partition coefficient (Wildman–Crippen LogP) is 2.86. The van der Waals surface area contributed by atoms with Crippen molar-refractivity contribution < 1.29 is 13.2 Å². The Hall–Kier alpha value is -1.98. The molecule has 1 unspecified atom stereocenters. The summed E-state index contributed by atoms with van der Waals surface area (Å²) >= 11 is 0. The molecule has 2 aromatic rings. The number of hydrogen-bond donors (Lipinski definition) is 1. The van der Waals surface area contributed by atoms with Gasteiger partial charge in [0.15, 0.2) is 5.78 Å². The summed E-state index contributed by atoms with van der Waals surface area (Å²) in [6.07, 6.45) is 1.65. The SMILES string of the molecule is CC(=O)c1ccc(S(=O)(=O)NC2CCc3ccccc32)cc1. The first-order valence-corrected chi connectivity index (χ1v) is 8.67. The number of carbonyl (C=O) groups is 1. The van der Waals surface area contributed by atoms with Gasteiger partial charge >= 0.3 is 0 Å². The van der Waals surface area contributed by atoms with Crippen molar-refractivity contribution in [3.63, 3.8) is 0 Å². The van der Waals surface area contributed by atoms with Crippen LogP contribution in [0.3, 0.4) is 0 Å². The molecule has 4 nitrogen and oxygen atoms in total. The molecule has 0 bridgehead atoms. The van der Waals surface area contributed by atoms with Gasteiger partial charge in [-0.25, -0.2) is 13.1 Å². The first-order valence-electron chi connectivity index (χ1n) is 7.18. The molecule has 22 heavy (non-hydrogen) atoms. The molecule has 0 aromatic heterocycles. The van der Waals surface area contributed by atoms with E-state index in [1.54, 1.807) is 12.1 Å². The number of sulfonamides is 1. The zero-order valence-electron chi connectivity index (χ0n) is 12.2. The van der Waals surface area contributed by atoms with Gasteiger partial charge in [-0.05, 0) is 43.0 Å². The van der Waals surface area contributed by atoms with Gasteiger partial charge in [-0.2, -0.15) is 0 Å². The van der Waals surface area contributed by atoms with Gasteiger partial charge in [-0.3, -0.25) is 4.79 Å². The lowest BCUT2D eigenvalue weighted by molar-refractivity contribution is 0.101. The second-order valence-electron chi connectivity index (χ2n) is 5.49. The highest BCUT2D eigenvalue weighted by Gasteiger charge is 2.27. The summed E-state index contributed by atoms with van der Waals surface area (Å²) in [7, 11) is -3.59. The van der Waals surface area contributed by atoms with Crippen molar-refractivity contribution in [2.75, 3.05) is 0 Å². The Kier molecular flexibility index (Phi) is 3.85. The Balaban J connectivity index is 1.84. The van der Waals surface area contributed by atoms with Crippen molar-refractivity contribution in [3.8, 4) is 0 Å². The summed E-state index contributed by atoms with van der Waals surface area (Å²) in [4.78, 5) is 11.4. The molecule has 1 atom stereocenters. The third-order valence-electron chi connectivity index (χ3n) is 4.00. The maximum atomic E-state index is 12.5. The molecule has 0 amide bonds. The Bertz CT molecular complexity index is 810. The molecule has 1 aliphatic carbocycles. The number of carbonyl (C=O) groups excluding carboxylic acids is 1. The predicted molar refractivity (Wildman–Crippen MR) is 84.3 cm³/mol. The minimum absolute atomic E-state index is 0.0818. The molecule has 114 valence electrons. The summed E-state index contributed by atoms with van der Waals surface area (Å²) < 4.78 is 27.7. The Morgan fingerprint density at radius 3 is 2.45 bits per heavy atom. The quantitative estimate of drug-likeness (QED) is 0.882. The van der Waals surface area contributed by atoms with Crippen molar-refractivity contribution in [1.82, 2.24) is 4.72 Å². The highest BCUT2D eigenvalue weighted by Crippen LogP contribution is 2.32. The van der Waals surface area contributed by atoms with E-state index in [-0.39, 0.29) is 16.7 Å². The van der Waals surface area contributed by atoms with Crippen LogP contribution in [0, 0.1) is 0 Å². The fraction of sp³-hybridized carbons (Fsp3) is 0.235. The monoisotopic (exact) mass is 315 g/mol. The molecule has 0 saturated heterocycles. The van der Waals surface area contributed by atoms with E-state index in [2.05, 4.69) is 4.72 Å². The van der Waals surface area contributed by atoms with Crippen LogP contribution in [0.5, 0.6) is 0 Å². The van der Waals surface area contributed by atoms with Crippen LogP contribution in [-0.4, -0.2) is 14.2 Å². The Labute approximate surface area is 130 Å². The van der Waals surface area contributed by atoms with Gasteiger partial charge in [0.05, 0.1) is 4.90 Å². The van der Waals surface area contributed by atoms with Crippen LogP contribution in [0.2, 0.25) is 0 Å². The molecule has 5 heteroatoms. The molecular weight excluding hydrogens is 298 g/mol. The molecule has 0 spiro atoms. The van der Waals surface area contributed by atoms with E-state index in [4.69, 9.17) is 0 Å². The largest absolute Gasteiger partial charge is 0.295 e. The summed E-state index contributed by atoms with van der Waals surface area (Å²) in [6, 6.07) is 13.7. The lowest BCUT2D eigenvalue weighted by atomic mass is 10.1. The van der Waals surface area contributed by atoms with Crippen LogP contribution >= 0.6 is 0 Å². The van der Waals surface area contributed by atoms with E-state index in [9.17, 15) is 13.2 Å². The van der Waals surface area contributed by atoms with Crippen LogP contribution in [0.25, 0.3) is 0 Å². The van der Waals surface area contributed by atoms with Crippen LogP contribution in [0.1, 0.15) is 40.9 Å². The van der Waals surface area contributed by atoms with Gasteiger partial charge in [0.25, 0.3) is 0 Å². The van der Waals surface area contributed by atoms with Crippen molar-refractivity contribution in [2.24, 2.45) is 0 Å². The summed E-state index contributed by atoms with van der Waals surface area (Å²) in [5.74, 6) is -0.0818. The standard InChI is InChI=1S/C17H17NO3S/c1-12(19)13-6-9-15(10-7-13)22(20,21)18-17-11-8-14-4-2-3-5-16(14)17/h2-7,9-10,17-18H,8,11H2,1H3. The maximum absolute atomic E-state index is 12.5. The molecule has 1 aliphatic rings. The van der Waals surface area contributed by atoms with E-state index < -0.39 is 10.0 Å². The number of rotatable bonds is 4. The number of aryl methyl sites for hydroxylation is 1. The highest BCUT2D eigenvalue weighted by molar-refractivity contribution is 7.89. The lowest BCUT2D eigenvalue weighted by Gasteiger charge is -2.14. The van der Waals surface area contributed by atoms with Crippen molar-refractivity contribution in [2.45, 2.75) is 30.7 Å². The number of nitrogens with one attached hydrogen (secondary N) is 1. The van der Waals surface area contributed by atoms with Crippen LogP contribution in [0.15, 0.2) is 53.4 Å². The molecule has 0 saturated carbocycles. The topological polar surface area (TPSA) is 63.2 Å². The second-order valence-corrected chi connectivity index (χ2v) is 7.21. The van der Waals surface area contributed by atoms with Gasteiger partial charge in [-0.15, -0.1) is 0 Å². The molecule has 1 N–H and O–H groups in total. The third-order valence-corrected chi connectivity index (χ3v) is 5.49. The fourth-order valence-electron chi connectivity index (χ4n) is 2.80.